The Balaban J connectivity index is 2.20. The number of anilines is 1. The summed E-state index contributed by atoms with van der Waals surface area (Å²) in [7, 11) is 0. The molecule has 0 radical (unpaired) electrons. The van der Waals surface area contributed by atoms with Crippen LogP contribution in [0.4, 0.5) is 20.6 Å². The van der Waals surface area contributed by atoms with E-state index >= 15 is 0 Å². The van der Waals surface area contributed by atoms with Crippen LogP contribution in [0.1, 0.15) is 27.2 Å². The minimum absolute atomic E-state index is 0.248. The Bertz CT molecular complexity index is 630. The second kappa shape index (κ2) is 6.02. The fourth-order valence-corrected chi connectivity index (χ4v) is 3.03. The lowest BCUT2D eigenvalue weighted by atomic mass is 10.0. The quantitative estimate of drug-likeness (QED) is 0.681. The first-order valence-corrected chi connectivity index (χ1v) is 7.32. The number of non-ortho nitro benzene ring substituents is 1. The van der Waals surface area contributed by atoms with Crippen molar-refractivity contribution in [3.8, 4) is 0 Å². The molecule has 7 nitrogen and oxygen atoms in total. The minimum atomic E-state index is -1.01. The van der Waals surface area contributed by atoms with Gasteiger partial charge in [0.1, 0.15) is 0 Å². The number of benzene rings is 1. The van der Waals surface area contributed by atoms with Gasteiger partial charge in [-0.15, -0.1) is 0 Å². The molecule has 0 bridgehead atoms. The van der Waals surface area contributed by atoms with Gasteiger partial charge < -0.3 is 10.0 Å². The van der Waals surface area contributed by atoms with Crippen molar-refractivity contribution in [3.05, 3.63) is 34.1 Å². The van der Waals surface area contributed by atoms with E-state index in [0.29, 0.717) is 19.5 Å². The lowest BCUT2D eigenvalue weighted by Crippen LogP contribution is -2.52. The second-order valence-electron chi connectivity index (χ2n) is 6.60. The van der Waals surface area contributed by atoms with Gasteiger partial charge >= 0.3 is 6.09 Å². The maximum Gasteiger partial charge on any atom is 0.408 e. The Kier molecular flexibility index (Phi) is 4.44. The van der Waals surface area contributed by atoms with Gasteiger partial charge in [-0.05, 0) is 33.3 Å². The summed E-state index contributed by atoms with van der Waals surface area (Å²) in [6, 6.07) is 3.27. The molecule has 0 aliphatic carbocycles. The number of halogens is 1. The molecule has 1 atom stereocenters. The zero-order chi connectivity index (χ0) is 17.4. The van der Waals surface area contributed by atoms with Crippen molar-refractivity contribution in [3.63, 3.8) is 0 Å². The van der Waals surface area contributed by atoms with Crippen LogP contribution in [-0.2, 0) is 0 Å². The monoisotopic (exact) mass is 325 g/mol. The molecule has 0 spiro atoms. The van der Waals surface area contributed by atoms with E-state index in [4.69, 9.17) is 0 Å². The molecule has 23 heavy (non-hydrogen) atoms. The second-order valence-corrected chi connectivity index (χ2v) is 6.60. The number of nitro groups is 1. The summed E-state index contributed by atoms with van der Waals surface area (Å²) in [6.07, 6.45) is -0.423. The van der Waals surface area contributed by atoms with Gasteiger partial charge in [-0.25, -0.2) is 9.18 Å². The summed E-state index contributed by atoms with van der Waals surface area (Å²) in [6.45, 7) is 6.31. The molecule has 1 saturated heterocycles. The molecule has 1 amide bonds. The molecule has 1 aliphatic heterocycles. The summed E-state index contributed by atoms with van der Waals surface area (Å²) in [5.74, 6) is -0.669. The number of carbonyl (C=O) groups is 1. The zero-order valence-electron chi connectivity index (χ0n) is 13.3. The first kappa shape index (κ1) is 17.0. The molecule has 1 aromatic carbocycles. The van der Waals surface area contributed by atoms with E-state index in [1.165, 1.54) is 17.0 Å². The largest absolute Gasteiger partial charge is 0.465 e. The van der Waals surface area contributed by atoms with Gasteiger partial charge in [-0.1, -0.05) is 0 Å². The predicted molar refractivity (Wildman–Crippen MR) is 83.3 cm³/mol. The normalized spacial score (nSPS) is 18.1. The molecule has 0 saturated carbocycles. The first-order chi connectivity index (χ1) is 10.6. The predicted octanol–water partition coefficient (Wildman–Crippen LogP) is 3.09. The summed E-state index contributed by atoms with van der Waals surface area (Å²) in [5.41, 5.74) is -0.596. The van der Waals surface area contributed by atoms with Crippen LogP contribution < -0.4 is 4.90 Å². The maximum absolute atomic E-state index is 14.1. The molecule has 0 unspecified atom stereocenters. The molecule has 2 rings (SSSR count). The van der Waals surface area contributed by atoms with Crippen LogP contribution >= 0.6 is 0 Å². The highest BCUT2D eigenvalue weighted by Crippen LogP contribution is 2.30. The van der Waals surface area contributed by atoms with E-state index in [1.54, 1.807) is 4.90 Å². The fraction of sp³-hybridized carbons (Fsp3) is 0.533. The third-order valence-electron chi connectivity index (χ3n) is 3.94. The van der Waals surface area contributed by atoms with E-state index in [2.05, 4.69) is 0 Å². The molecule has 1 heterocycles. The summed E-state index contributed by atoms with van der Waals surface area (Å²) in [5, 5.41) is 20.1. The molecule has 1 fully saturated rings. The van der Waals surface area contributed by atoms with Crippen LogP contribution in [0.5, 0.6) is 0 Å². The highest BCUT2D eigenvalue weighted by Gasteiger charge is 2.37. The van der Waals surface area contributed by atoms with E-state index < -0.39 is 22.4 Å². The molecule has 1 aromatic rings. The molecule has 1 aliphatic rings. The molecule has 8 heteroatoms. The van der Waals surface area contributed by atoms with Crippen molar-refractivity contribution in [1.82, 2.24) is 4.90 Å². The van der Waals surface area contributed by atoms with Crippen molar-refractivity contribution in [2.75, 3.05) is 18.0 Å². The smallest absolute Gasteiger partial charge is 0.408 e. The highest BCUT2D eigenvalue weighted by molar-refractivity contribution is 5.67. The Labute approximate surface area is 133 Å². The standard InChI is InChI=1S/C15H20FN3O4/c1-15(2,3)18(14(20)21)11-6-7-17(9-11)13-5-4-10(19(22)23)8-12(13)16/h4-5,8,11H,6-7,9H2,1-3H3,(H,20,21)/t11-/m1/s1. The van der Waals surface area contributed by atoms with Crippen LogP contribution in [0.3, 0.4) is 0 Å². The van der Waals surface area contributed by atoms with Gasteiger partial charge in [0.15, 0.2) is 5.82 Å². The van der Waals surface area contributed by atoms with E-state index in [1.807, 2.05) is 20.8 Å². The van der Waals surface area contributed by atoms with Crippen LogP contribution in [0.2, 0.25) is 0 Å². The number of amides is 1. The van der Waals surface area contributed by atoms with Crippen molar-refractivity contribution in [1.29, 1.82) is 0 Å². The van der Waals surface area contributed by atoms with E-state index in [-0.39, 0.29) is 17.4 Å². The topological polar surface area (TPSA) is 86.9 Å². The number of hydrogen-bond donors (Lipinski definition) is 1. The SMILES string of the molecule is CC(C)(C)N(C(=O)O)[C@@H]1CCN(c2ccc([N+](=O)[O-])cc2F)C1. The van der Waals surface area contributed by atoms with Crippen molar-refractivity contribution < 1.29 is 19.2 Å². The molecule has 126 valence electrons. The lowest BCUT2D eigenvalue weighted by molar-refractivity contribution is -0.385. The van der Waals surface area contributed by atoms with Crippen LogP contribution in [0.25, 0.3) is 0 Å². The van der Waals surface area contributed by atoms with Crippen molar-refractivity contribution in [2.45, 2.75) is 38.8 Å². The third kappa shape index (κ3) is 3.52. The lowest BCUT2D eigenvalue weighted by Gasteiger charge is -2.38. The Morgan fingerprint density at radius 2 is 2.13 bits per heavy atom. The molecular formula is C15H20FN3O4. The van der Waals surface area contributed by atoms with E-state index in [9.17, 15) is 24.4 Å². The van der Waals surface area contributed by atoms with Crippen LogP contribution in [0.15, 0.2) is 18.2 Å². The first-order valence-electron chi connectivity index (χ1n) is 7.32. The third-order valence-corrected chi connectivity index (χ3v) is 3.94. The van der Waals surface area contributed by atoms with Gasteiger partial charge in [-0.2, -0.15) is 0 Å². The van der Waals surface area contributed by atoms with E-state index in [0.717, 1.165) is 6.07 Å². The summed E-state index contributed by atoms with van der Waals surface area (Å²) >= 11 is 0. The van der Waals surface area contributed by atoms with Gasteiger partial charge in [0.05, 0.1) is 22.7 Å². The van der Waals surface area contributed by atoms with Crippen LogP contribution in [0, 0.1) is 15.9 Å². The zero-order valence-corrected chi connectivity index (χ0v) is 13.3. The number of hydrogen-bond acceptors (Lipinski definition) is 4. The number of nitrogens with zero attached hydrogens (tertiary/aromatic N) is 3. The minimum Gasteiger partial charge on any atom is -0.465 e. The van der Waals surface area contributed by atoms with Crippen molar-refractivity contribution in [2.24, 2.45) is 0 Å². The van der Waals surface area contributed by atoms with Gasteiger partial charge in [-0.3, -0.25) is 15.0 Å². The molecular weight excluding hydrogens is 305 g/mol. The van der Waals surface area contributed by atoms with Gasteiger partial charge in [0.25, 0.3) is 5.69 Å². The fourth-order valence-electron chi connectivity index (χ4n) is 3.03. The number of carboxylic acid groups (broad SMARTS) is 1. The molecule has 0 aromatic heterocycles. The summed E-state index contributed by atoms with van der Waals surface area (Å²) < 4.78 is 14.1. The Hall–Kier alpha value is -2.38. The summed E-state index contributed by atoms with van der Waals surface area (Å²) in [4.78, 5) is 24.7. The highest BCUT2D eigenvalue weighted by atomic mass is 19.1. The average Bonchev–Trinajstić information content (AvgIpc) is 2.85. The average molecular weight is 325 g/mol. The number of rotatable bonds is 3. The number of nitro benzene ring substituents is 1. The maximum atomic E-state index is 14.1. The van der Waals surface area contributed by atoms with Crippen molar-refractivity contribution >= 4 is 17.5 Å². The van der Waals surface area contributed by atoms with Gasteiger partial charge in [0, 0.05) is 24.7 Å². The molecule has 1 N–H and O–H groups in total. The Morgan fingerprint density at radius 3 is 2.61 bits per heavy atom. The Morgan fingerprint density at radius 1 is 1.48 bits per heavy atom. The van der Waals surface area contributed by atoms with Crippen LogP contribution in [-0.4, -0.2) is 45.7 Å². The van der Waals surface area contributed by atoms with Gasteiger partial charge in [0.2, 0.25) is 0 Å².